The van der Waals surface area contributed by atoms with Crippen molar-refractivity contribution in [3.63, 3.8) is 0 Å². The van der Waals surface area contributed by atoms with Crippen molar-refractivity contribution in [1.29, 1.82) is 0 Å². The molecule has 0 radical (unpaired) electrons. The molecule has 0 spiro atoms. The number of likely N-dealkylation sites (N-methyl/N-ethyl adjacent to an activating group) is 1. The Balaban J connectivity index is 0.00000312. The normalized spacial score (nSPS) is 17.8. The molecule has 2 rings (SSSR count). The van der Waals surface area contributed by atoms with E-state index in [9.17, 15) is 0 Å². The molecule has 0 saturated carbocycles. The SMILES string of the molecule is CCN(CCNC(=NC)NC1CCN(c2ccccc2)C1)C(C)C.I. The van der Waals surface area contributed by atoms with Crippen LogP contribution in [0.4, 0.5) is 5.69 Å². The molecule has 1 fully saturated rings. The first-order valence-electron chi connectivity index (χ1n) is 9.15. The number of hydrogen-bond acceptors (Lipinski definition) is 3. The lowest BCUT2D eigenvalue weighted by Gasteiger charge is -2.25. The highest BCUT2D eigenvalue weighted by Crippen LogP contribution is 2.19. The highest BCUT2D eigenvalue weighted by molar-refractivity contribution is 14.0. The van der Waals surface area contributed by atoms with E-state index in [2.05, 4.69) is 76.5 Å². The van der Waals surface area contributed by atoms with Crippen LogP contribution < -0.4 is 15.5 Å². The molecule has 1 heterocycles. The number of benzene rings is 1. The molecule has 1 unspecified atom stereocenters. The van der Waals surface area contributed by atoms with Crippen molar-refractivity contribution in [3.8, 4) is 0 Å². The van der Waals surface area contributed by atoms with E-state index < -0.39 is 0 Å². The fourth-order valence-corrected chi connectivity index (χ4v) is 3.24. The third kappa shape index (κ3) is 7.01. The molecule has 0 aromatic heterocycles. The summed E-state index contributed by atoms with van der Waals surface area (Å²) in [5.74, 6) is 0.912. The van der Waals surface area contributed by atoms with Crippen molar-refractivity contribution in [2.45, 2.75) is 39.3 Å². The molecule has 142 valence electrons. The molecule has 1 saturated heterocycles. The van der Waals surface area contributed by atoms with Crippen LogP contribution in [-0.4, -0.2) is 62.7 Å². The summed E-state index contributed by atoms with van der Waals surface area (Å²) in [6.07, 6.45) is 1.14. The molecular weight excluding hydrogens is 425 g/mol. The van der Waals surface area contributed by atoms with E-state index >= 15 is 0 Å². The second-order valence-electron chi connectivity index (χ2n) is 6.63. The van der Waals surface area contributed by atoms with Crippen molar-refractivity contribution in [2.75, 3.05) is 44.7 Å². The molecule has 5 nitrogen and oxygen atoms in total. The Morgan fingerprint density at radius 1 is 1.32 bits per heavy atom. The third-order valence-corrected chi connectivity index (χ3v) is 4.70. The quantitative estimate of drug-likeness (QED) is 0.374. The van der Waals surface area contributed by atoms with Crippen LogP contribution in [-0.2, 0) is 0 Å². The van der Waals surface area contributed by atoms with Crippen LogP contribution in [0.15, 0.2) is 35.3 Å². The number of nitrogens with one attached hydrogen (secondary N) is 2. The predicted molar refractivity (Wildman–Crippen MR) is 119 cm³/mol. The summed E-state index contributed by atoms with van der Waals surface area (Å²) in [4.78, 5) is 9.26. The van der Waals surface area contributed by atoms with Gasteiger partial charge in [0.05, 0.1) is 0 Å². The lowest BCUT2D eigenvalue weighted by atomic mass is 10.2. The van der Waals surface area contributed by atoms with Gasteiger partial charge in [-0.3, -0.25) is 9.89 Å². The zero-order valence-corrected chi connectivity index (χ0v) is 18.4. The lowest BCUT2D eigenvalue weighted by molar-refractivity contribution is 0.237. The van der Waals surface area contributed by atoms with Crippen LogP contribution in [0.3, 0.4) is 0 Å². The third-order valence-electron chi connectivity index (χ3n) is 4.70. The van der Waals surface area contributed by atoms with E-state index in [1.807, 2.05) is 7.05 Å². The summed E-state index contributed by atoms with van der Waals surface area (Å²) >= 11 is 0. The number of halogens is 1. The summed E-state index contributed by atoms with van der Waals surface area (Å²) in [6, 6.07) is 11.7. The van der Waals surface area contributed by atoms with E-state index in [-0.39, 0.29) is 24.0 Å². The fourth-order valence-electron chi connectivity index (χ4n) is 3.24. The Hall–Kier alpha value is -1.02. The Morgan fingerprint density at radius 2 is 2.04 bits per heavy atom. The van der Waals surface area contributed by atoms with Gasteiger partial charge in [0.25, 0.3) is 0 Å². The van der Waals surface area contributed by atoms with Gasteiger partial charge >= 0.3 is 0 Å². The maximum absolute atomic E-state index is 4.37. The first kappa shape index (κ1) is 22.0. The molecule has 1 aliphatic rings. The minimum atomic E-state index is 0. The topological polar surface area (TPSA) is 42.9 Å². The maximum atomic E-state index is 4.37. The molecule has 1 aromatic rings. The number of hydrogen-bond donors (Lipinski definition) is 2. The second kappa shape index (κ2) is 11.6. The van der Waals surface area contributed by atoms with Crippen LogP contribution in [0, 0.1) is 0 Å². The minimum absolute atomic E-state index is 0. The average molecular weight is 459 g/mol. The first-order chi connectivity index (χ1) is 11.6. The molecule has 6 heteroatoms. The van der Waals surface area contributed by atoms with Gasteiger partial charge in [-0.2, -0.15) is 0 Å². The van der Waals surface area contributed by atoms with Gasteiger partial charge in [0.15, 0.2) is 5.96 Å². The highest BCUT2D eigenvalue weighted by Gasteiger charge is 2.23. The Morgan fingerprint density at radius 3 is 2.64 bits per heavy atom. The monoisotopic (exact) mass is 459 g/mol. The van der Waals surface area contributed by atoms with E-state index in [0.29, 0.717) is 12.1 Å². The van der Waals surface area contributed by atoms with Crippen LogP contribution in [0.5, 0.6) is 0 Å². The molecule has 25 heavy (non-hydrogen) atoms. The summed E-state index contributed by atoms with van der Waals surface area (Å²) in [5.41, 5.74) is 1.31. The molecule has 1 atom stereocenters. The molecule has 1 aliphatic heterocycles. The molecule has 0 bridgehead atoms. The van der Waals surface area contributed by atoms with Crippen molar-refractivity contribution in [2.24, 2.45) is 4.99 Å². The number of nitrogens with zero attached hydrogens (tertiary/aromatic N) is 3. The van der Waals surface area contributed by atoms with Crippen molar-refractivity contribution >= 4 is 35.6 Å². The first-order valence-corrected chi connectivity index (χ1v) is 9.15. The molecule has 2 N–H and O–H groups in total. The van der Waals surface area contributed by atoms with E-state index in [4.69, 9.17) is 0 Å². The average Bonchev–Trinajstić information content (AvgIpc) is 3.06. The van der Waals surface area contributed by atoms with E-state index in [1.165, 1.54) is 5.69 Å². The number of anilines is 1. The Kier molecular flexibility index (Phi) is 10.2. The minimum Gasteiger partial charge on any atom is -0.369 e. The number of rotatable bonds is 7. The van der Waals surface area contributed by atoms with Crippen molar-refractivity contribution in [3.05, 3.63) is 30.3 Å². The standard InChI is InChI=1S/C19H33N5.HI/c1-5-23(16(2)3)14-12-21-19(20-4)22-17-11-13-24(15-17)18-9-7-6-8-10-18;/h6-10,16-17H,5,11-15H2,1-4H3,(H2,20,21,22);1H. The van der Waals surface area contributed by atoms with Gasteiger partial charge in [0.1, 0.15) is 0 Å². The zero-order chi connectivity index (χ0) is 17.4. The number of para-hydroxylation sites is 1. The van der Waals surface area contributed by atoms with Gasteiger partial charge in [-0.1, -0.05) is 25.1 Å². The van der Waals surface area contributed by atoms with Crippen LogP contribution >= 0.6 is 24.0 Å². The smallest absolute Gasteiger partial charge is 0.191 e. The van der Waals surface area contributed by atoms with Crippen molar-refractivity contribution < 1.29 is 0 Å². The fraction of sp³-hybridized carbons (Fsp3) is 0.632. The number of aliphatic imine (C=N–C) groups is 1. The van der Waals surface area contributed by atoms with Gasteiger partial charge < -0.3 is 15.5 Å². The Labute approximate surface area is 170 Å². The molecule has 0 amide bonds. The second-order valence-corrected chi connectivity index (χ2v) is 6.63. The van der Waals surface area contributed by atoms with E-state index in [1.54, 1.807) is 0 Å². The van der Waals surface area contributed by atoms with Gasteiger partial charge in [0.2, 0.25) is 0 Å². The van der Waals surface area contributed by atoms with Crippen molar-refractivity contribution in [1.82, 2.24) is 15.5 Å². The van der Waals surface area contributed by atoms with Gasteiger partial charge in [-0.15, -0.1) is 24.0 Å². The van der Waals surface area contributed by atoms with Crippen LogP contribution in [0.25, 0.3) is 0 Å². The highest BCUT2D eigenvalue weighted by atomic mass is 127. The molecular formula is C19H34IN5. The molecule has 0 aliphatic carbocycles. The summed E-state index contributed by atoms with van der Waals surface area (Å²) in [6.45, 7) is 11.9. The Bertz CT molecular complexity index is 506. The maximum Gasteiger partial charge on any atom is 0.191 e. The van der Waals surface area contributed by atoms with Gasteiger partial charge in [0, 0.05) is 51.0 Å². The summed E-state index contributed by atoms with van der Waals surface area (Å²) < 4.78 is 0. The zero-order valence-electron chi connectivity index (χ0n) is 16.0. The van der Waals surface area contributed by atoms with Gasteiger partial charge in [-0.05, 0) is 38.9 Å². The summed E-state index contributed by atoms with van der Waals surface area (Å²) in [7, 11) is 1.85. The van der Waals surface area contributed by atoms with Gasteiger partial charge in [-0.25, -0.2) is 0 Å². The summed E-state index contributed by atoms with van der Waals surface area (Å²) in [5, 5.41) is 7.01. The number of guanidine groups is 1. The predicted octanol–water partition coefficient (Wildman–Crippen LogP) is 2.78. The lowest BCUT2D eigenvalue weighted by Crippen LogP contribution is -2.47. The van der Waals surface area contributed by atoms with Crippen LogP contribution in [0.2, 0.25) is 0 Å². The van der Waals surface area contributed by atoms with E-state index in [0.717, 1.165) is 45.1 Å². The van der Waals surface area contributed by atoms with Crippen LogP contribution in [0.1, 0.15) is 27.2 Å². The molecule has 1 aromatic carbocycles. The largest absolute Gasteiger partial charge is 0.369 e.